The van der Waals surface area contributed by atoms with Crippen LogP contribution in [0.25, 0.3) is 11.3 Å². The summed E-state index contributed by atoms with van der Waals surface area (Å²) in [5.41, 5.74) is 8.53. The smallest absolute Gasteiger partial charge is 0.149 e. The van der Waals surface area contributed by atoms with Crippen molar-refractivity contribution in [2.45, 2.75) is 19.8 Å². The molecule has 0 radical (unpaired) electrons. The number of nitrogens with one attached hydrogen (secondary N) is 1. The third-order valence-corrected chi connectivity index (χ3v) is 3.26. The molecule has 2 rings (SSSR count). The van der Waals surface area contributed by atoms with Gasteiger partial charge in [-0.1, -0.05) is 13.3 Å². The molecule has 0 aliphatic carbocycles. The number of aromatic nitrogens is 2. The molecule has 0 saturated carbocycles. The van der Waals surface area contributed by atoms with Crippen LogP contribution in [0.2, 0.25) is 0 Å². The van der Waals surface area contributed by atoms with Crippen LogP contribution in [0.1, 0.15) is 18.9 Å². The molecule has 2 aromatic rings. The highest BCUT2D eigenvalue weighted by molar-refractivity contribution is 9.10. The monoisotopic (exact) mass is 297 g/mol. The van der Waals surface area contributed by atoms with Crippen LogP contribution in [0.5, 0.6) is 0 Å². The first-order chi connectivity index (χ1) is 8.13. The van der Waals surface area contributed by atoms with Crippen molar-refractivity contribution in [2.24, 2.45) is 0 Å². The summed E-state index contributed by atoms with van der Waals surface area (Å²) in [5, 5.41) is 6.92. The Bertz CT molecular complexity index is 537. The maximum atomic E-state index is 13.0. The standard InChI is InChI=1S/C12H13BrFN3/c1-2-3-9-11(16-17-12(9)15)8-5-4-7(14)6-10(8)13/h4-6H,2-3H2,1H3,(H3,15,16,17). The van der Waals surface area contributed by atoms with Crippen molar-refractivity contribution in [3.63, 3.8) is 0 Å². The Morgan fingerprint density at radius 2 is 2.24 bits per heavy atom. The van der Waals surface area contributed by atoms with E-state index in [-0.39, 0.29) is 5.82 Å². The second kappa shape index (κ2) is 4.87. The van der Waals surface area contributed by atoms with Crippen LogP contribution >= 0.6 is 15.9 Å². The number of benzene rings is 1. The van der Waals surface area contributed by atoms with Gasteiger partial charge in [-0.3, -0.25) is 5.10 Å². The minimum absolute atomic E-state index is 0.273. The number of anilines is 1. The van der Waals surface area contributed by atoms with Crippen LogP contribution in [-0.4, -0.2) is 10.2 Å². The van der Waals surface area contributed by atoms with E-state index in [1.54, 1.807) is 6.07 Å². The summed E-state index contributed by atoms with van der Waals surface area (Å²) >= 11 is 3.35. The van der Waals surface area contributed by atoms with Crippen molar-refractivity contribution in [3.05, 3.63) is 34.1 Å². The van der Waals surface area contributed by atoms with Crippen molar-refractivity contribution in [2.75, 3.05) is 5.73 Å². The van der Waals surface area contributed by atoms with Gasteiger partial charge in [-0.05, 0) is 40.5 Å². The molecule has 0 atom stereocenters. The highest BCUT2D eigenvalue weighted by Gasteiger charge is 2.14. The lowest BCUT2D eigenvalue weighted by molar-refractivity contribution is 0.627. The van der Waals surface area contributed by atoms with Crippen molar-refractivity contribution in [1.29, 1.82) is 0 Å². The van der Waals surface area contributed by atoms with Gasteiger partial charge in [0.25, 0.3) is 0 Å². The first-order valence-electron chi connectivity index (χ1n) is 5.41. The van der Waals surface area contributed by atoms with Crippen LogP contribution in [0.3, 0.4) is 0 Å². The Hall–Kier alpha value is -1.36. The lowest BCUT2D eigenvalue weighted by atomic mass is 10.0. The van der Waals surface area contributed by atoms with Crippen molar-refractivity contribution in [1.82, 2.24) is 10.2 Å². The summed E-state index contributed by atoms with van der Waals surface area (Å²) in [5.74, 6) is 0.239. The molecule has 5 heteroatoms. The fraction of sp³-hybridized carbons (Fsp3) is 0.250. The van der Waals surface area contributed by atoms with Crippen molar-refractivity contribution >= 4 is 21.7 Å². The van der Waals surface area contributed by atoms with E-state index >= 15 is 0 Å². The normalized spacial score (nSPS) is 10.8. The second-order valence-electron chi connectivity index (χ2n) is 3.84. The first-order valence-corrected chi connectivity index (χ1v) is 6.21. The van der Waals surface area contributed by atoms with Crippen LogP contribution in [0.15, 0.2) is 22.7 Å². The molecule has 0 aliphatic rings. The number of nitrogens with zero attached hydrogens (tertiary/aromatic N) is 1. The third-order valence-electron chi connectivity index (χ3n) is 2.60. The number of nitrogen functional groups attached to an aromatic ring is 1. The zero-order valence-electron chi connectivity index (χ0n) is 9.43. The molecule has 1 aromatic carbocycles. The molecule has 3 nitrogen and oxygen atoms in total. The molecule has 0 amide bonds. The second-order valence-corrected chi connectivity index (χ2v) is 4.69. The summed E-state index contributed by atoms with van der Waals surface area (Å²) < 4.78 is 13.7. The van der Waals surface area contributed by atoms with Crippen LogP contribution in [-0.2, 0) is 6.42 Å². The lowest BCUT2D eigenvalue weighted by Crippen LogP contribution is -1.93. The predicted octanol–water partition coefficient (Wildman–Crippen LogP) is 3.51. The molecule has 17 heavy (non-hydrogen) atoms. The third kappa shape index (κ3) is 2.34. The molecule has 0 fully saturated rings. The van der Waals surface area contributed by atoms with Crippen molar-refractivity contribution in [3.8, 4) is 11.3 Å². The summed E-state index contributed by atoms with van der Waals surface area (Å²) in [6.07, 6.45) is 1.83. The van der Waals surface area contributed by atoms with E-state index in [9.17, 15) is 4.39 Å². The van der Waals surface area contributed by atoms with Gasteiger partial charge in [0.2, 0.25) is 0 Å². The number of aromatic amines is 1. The molecule has 0 saturated heterocycles. The highest BCUT2D eigenvalue weighted by Crippen LogP contribution is 2.32. The molecule has 90 valence electrons. The van der Waals surface area contributed by atoms with Crippen LogP contribution in [0.4, 0.5) is 10.2 Å². The Morgan fingerprint density at radius 1 is 1.47 bits per heavy atom. The van der Waals surface area contributed by atoms with E-state index in [2.05, 4.69) is 33.1 Å². The molecular formula is C12H13BrFN3. The van der Waals surface area contributed by atoms with Gasteiger partial charge in [0.05, 0.1) is 5.69 Å². The van der Waals surface area contributed by atoms with E-state index in [1.807, 2.05) is 0 Å². The minimum Gasteiger partial charge on any atom is -0.382 e. The van der Waals surface area contributed by atoms with E-state index in [0.29, 0.717) is 10.3 Å². The Kier molecular flexibility index (Phi) is 3.47. The summed E-state index contributed by atoms with van der Waals surface area (Å²) in [6.45, 7) is 2.08. The van der Waals surface area contributed by atoms with Crippen LogP contribution in [0, 0.1) is 5.82 Å². The highest BCUT2D eigenvalue weighted by atomic mass is 79.9. The Labute approximate surface area is 107 Å². The summed E-state index contributed by atoms with van der Waals surface area (Å²) in [6, 6.07) is 4.57. The Balaban J connectivity index is 2.52. The number of halogens is 2. The van der Waals surface area contributed by atoms with E-state index in [4.69, 9.17) is 5.73 Å². The van der Waals surface area contributed by atoms with Gasteiger partial charge in [-0.25, -0.2) is 4.39 Å². The molecule has 3 N–H and O–H groups in total. The number of hydrogen-bond acceptors (Lipinski definition) is 2. The largest absolute Gasteiger partial charge is 0.382 e. The van der Waals surface area contributed by atoms with E-state index in [0.717, 1.165) is 29.7 Å². The van der Waals surface area contributed by atoms with Gasteiger partial charge in [-0.2, -0.15) is 5.10 Å². The maximum Gasteiger partial charge on any atom is 0.149 e. The number of rotatable bonds is 3. The summed E-state index contributed by atoms with van der Waals surface area (Å²) in [4.78, 5) is 0. The predicted molar refractivity (Wildman–Crippen MR) is 70.1 cm³/mol. The van der Waals surface area contributed by atoms with E-state index in [1.165, 1.54) is 12.1 Å². The van der Waals surface area contributed by atoms with Crippen molar-refractivity contribution < 1.29 is 4.39 Å². The topological polar surface area (TPSA) is 54.7 Å². The molecule has 0 bridgehead atoms. The molecule has 0 unspecified atom stereocenters. The van der Waals surface area contributed by atoms with Gasteiger partial charge in [-0.15, -0.1) is 0 Å². The molecule has 1 heterocycles. The van der Waals surface area contributed by atoms with Gasteiger partial charge < -0.3 is 5.73 Å². The average Bonchev–Trinajstić information content (AvgIpc) is 2.62. The number of nitrogens with two attached hydrogens (primary N) is 1. The lowest BCUT2D eigenvalue weighted by Gasteiger charge is -2.05. The van der Waals surface area contributed by atoms with Crippen LogP contribution < -0.4 is 5.73 Å². The molecule has 1 aromatic heterocycles. The van der Waals surface area contributed by atoms with Gasteiger partial charge in [0, 0.05) is 15.6 Å². The number of H-pyrrole nitrogens is 1. The Morgan fingerprint density at radius 3 is 2.88 bits per heavy atom. The number of hydrogen-bond donors (Lipinski definition) is 2. The SMILES string of the molecule is CCCc1c(N)n[nH]c1-c1ccc(F)cc1Br. The molecule has 0 spiro atoms. The fourth-order valence-electron chi connectivity index (χ4n) is 1.80. The minimum atomic E-state index is -0.273. The molecule has 0 aliphatic heterocycles. The van der Waals surface area contributed by atoms with Gasteiger partial charge in [0.1, 0.15) is 11.6 Å². The van der Waals surface area contributed by atoms with Gasteiger partial charge >= 0.3 is 0 Å². The fourth-order valence-corrected chi connectivity index (χ4v) is 2.35. The molecular weight excluding hydrogens is 285 g/mol. The average molecular weight is 298 g/mol. The zero-order chi connectivity index (χ0) is 12.4. The summed E-state index contributed by atoms with van der Waals surface area (Å²) in [7, 11) is 0. The maximum absolute atomic E-state index is 13.0. The quantitative estimate of drug-likeness (QED) is 0.911. The van der Waals surface area contributed by atoms with E-state index < -0.39 is 0 Å². The zero-order valence-corrected chi connectivity index (χ0v) is 11.0. The first kappa shape index (κ1) is 12.1. The van der Waals surface area contributed by atoms with Gasteiger partial charge in [0.15, 0.2) is 0 Å².